The van der Waals surface area contributed by atoms with Gasteiger partial charge in [0.2, 0.25) is 0 Å². The molecule has 0 saturated heterocycles. The lowest BCUT2D eigenvalue weighted by Gasteiger charge is -2.39. The molecule has 0 amide bonds. The lowest BCUT2D eigenvalue weighted by Crippen LogP contribution is -2.47. The molecule has 0 spiro atoms. The summed E-state index contributed by atoms with van der Waals surface area (Å²) in [5.74, 6) is 0.485. The second kappa shape index (κ2) is 3.73. The fourth-order valence-electron chi connectivity index (χ4n) is 1.87. The minimum atomic E-state index is -1.03. The maximum atomic E-state index is 9.85. The van der Waals surface area contributed by atoms with Crippen molar-refractivity contribution in [2.45, 2.75) is 44.3 Å². The monoisotopic (exact) mass is 174 g/mol. The maximum absolute atomic E-state index is 9.85. The Balaban J connectivity index is 2.53. The molecule has 72 valence electrons. The molecule has 1 saturated carbocycles. The van der Waals surface area contributed by atoms with Crippen LogP contribution in [0.4, 0.5) is 0 Å². The summed E-state index contributed by atoms with van der Waals surface area (Å²) in [6.45, 7) is 2.02. The fraction of sp³-hybridized carbons (Fsp3) is 1.00. The van der Waals surface area contributed by atoms with Crippen molar-refractivity contribution in [1.29, 1.82) is 0 Å². The van der Waals surface area contributed by atoms with Crippen molar-refractivity contribution in [2.75, 3.05) is 6.61 Å². The lowest BCUT2D eigenvalue weighted by molar-refractivity contribution is -0.120. The van der Waals surface area contributed by atoms with Gasteiger partial charge >= 0.3 is 0 Å². The molecule has 0 aromatic heterocycles. The summed E-state index contributed by atoms with van der Waals surface area (Å²) < 4.78 is 0. The van der Waals surface area contributed by atoms with E-state index in [0.29, 0.717) is 25.2 Å². The standard InChI is InChI=1S/C9H18O3/c1-7-2-3-9(12,4-5-10)8(11)6-7/h7-8,10-12H,2-6H2,1H3/t7?,8-,9+/m1/s1. The number of hydrogen-bond acceptors (Lipinski definition) is 3. The van der Waals surface area contributed by atoms with Gasteiger partial charge in [-0.3, -0.25) is 0 Å². The van der Waals surface area contributed by atoms with Crippen molar-refractivity contribution in [3.05, 3.63) is 0 Å². The van der Waals surface area contributed by atoms with Gasteiger partial charge in [-0.15, -0.1) is 0 Å². The Morgan fingerprint density at radius 3 is 2.67 bits per heavy atom. The van der Waals surface area contributed by atoms with Gasteiger partial charge in [0.15, 0.2) is 0 Å². The molecule has 3 nitrogen and oxygen atoms in total. The zero-order valence-electron chi connectivity index (χ0n) is 7.53. The highest BCUT2D eigenvalue weighted by molar-refractivity contribution is 4.91. The molecule has 1 aliphatic rings. The van der Waals surface area contributed by atoms with Gasteiger partial charge in [0.1, 0.15) is 0 Å². The molecule has 3 N–H and O–H groups in total. The lowest BCUT2D eigenvalue weighted by atomic mass is 9.76. The highest BCUT2D eigenvalue weighted by Crippen LogP contribution is 2.34. The van der Waals surface area contributed by atoms with E-state index in [-0.39, 0.29) is 6.61 Å². The van der Waals surface area contributed by atoms with E-state index in [0.717, 1.165) is 6.42 Å². The SMILES string of the molecule is CC1CC[C@](O)(CCO)[C@H](O)C1. The molecule has 0 heterocycles. The zero-order chi connectivity index (χ0) is 9.19. The second-order valence-corrected chi connectivity index (χ2v) is 3.97. The van der Waals surface area contributed by atoms with Gasteiger partial charge < -0.3 is 15.3 Å². The molecule has 1 fully saturated rings. The molecule has 1 rings (SSSR count). The summed E-state index contributed by atoms with van der Waals surface area (Å²) in [4.78, 5) is 0. The normalized spacial score (nSPS) is 43.0. The van der Waals surface area contributed by atoms with Crippen molar-refractivity contribution in [1.82, 2.24) is 0 Å². The molecule has 0 aliphatic heterocycles. The van der Waals surface area contributed by atoms with Crippen molar-refractivity contribution >= 4 is 0 Å². The first-order valence-corrected chi connectivity index (χ1v) is 4.60. The Hall–Kier alpha value is -0.120. The number of rotatable bonds is 2. The molecule has 0 aromatic rings. The van der Waals surface area contributed by atoms with Crippen LogP contribution in [0.25, 0.3) is 0 Å². The first kappa shape index (κ1) is 9.96. The first-order chi connectivity index (χ1) is 5.58. The first-order valence-electron chi connectivity index (χ1n) is 4.60. The summed E-state index contributed by atoms with van der Waals surface area (Å²) in [7, 11) is 0. The van der Waals surface area contributed by atoms with Crippen molar-refractivity contribution in [2.24, 2.45) is 5.92 Å². The Kier molecular flexibility index (Phi) is 3.09. The fourth-order valence-corrected chi connectivity index (χ4v) is 1.87. The molecule has 0 radical (unpaired) electrons. The number of aliphatic hydroxyl groups excluding tert-OH is 2. The Bertz CT molecular complexity index is 149. The van der Waals surface area contributed by atoms with Gasteiger partial charge in [-0.05, 0) is 25.2 Å². The van der Waals surface area contributed by atoms with Gasteiger partial charge in [-0.1, -0.05) is 6.92 Å². The smallest absolute Gasteiger partial charge is 0.0927 e. The zero-order valence-corrected chi connectivity index (χ0v) is 7.53. The molecule has 0 aromatic carbocycles. The van der Waals surface area contributed by atoms with Gasteiger partial charge in [0.05, 0.1) is 11.7 Å². The Morgan fingerprint density at radius 1 is 1.50 bits per heavy atom. The molecular formula is C9H18O3. The van der Waals surface area contributed by atoms with E-state index in [2.05, 4.69) is 6.92 Å². The van der Waals surface area contributed by atoms with Crippen LogP contribution in [0, 0.1) is 5.92 Å². The van der Waals surface area contributed by atoms with Crippen LogP contribution in [0.15, 0.2) is 0 Å². The van der Waals surface area contributed by atoms with Crippen LogP contribution in [-0.2, 0) is 0 Å². The topological polar surface area (TPSA) is 60.7 Å². The van der Waals surface area contributed by atoms with Gasteiger partial charge in [-0.25, -0.2) is 0 Å². The third-order valence-electron chi connectivity index (χ3n) is 2.86. The van der Waals surface area contributed by atoms with E-state index in [1.807, 2.05) is 0 Å². The minimum Gasteiger partial charge on any atom is -0.396 e. The van der Waals surface area contributed by atoms with Crippen LogP contribution in [0.2, 0.25) is 0 Å². The van der Waals surface area contributed by atoms with Crippen molar-refractivity contribution < 1.29 is 15.3 Å². The molecule has 12 heavy (non-hydrogen) atoms. The van der Waals surface area contributed by atoms with E-state index < -0.39 is 11.7 Å². The Labute approximate surface area is 73.0 Å². The summed E-state index contributed by atoms with van der Waals surface area (Å²) in [5, 5.41) is 28.1. The average molecular weight is 174 g/mol. The van der Waals surface area contributed by atoms with Gasteiger partial charge in [0, 0.05) is 13.0 Å². The quantitative estimate of drug-likeness (QED) is 0.563. The van der Waals surface area contributed by atoms with Crippen LogP contribution >= 0.6 is 0 Å². The summed E-state index contributed by atoms with van der Waals surface area (Å²) in [6.07, 6.45) is 1.83. The van der Waals surface area contributed by atoms with Crippen LogP contribution < -0.4 is 0 Å². The van der Waals surface area contributed by atoms with Crippen LogP contribution in [-0.4, -0.2) is 33.6 Å². The molecule has 3 atom stereocenters. The molecule has 3 heteroatoms. The highest BCUT2D eigenvalue weighted by atomic mass is 16.3. The molecule has 1 aliphatic carbocycles. The third kappa shape index (κ3) is 1.97. The predicted molar refractivity (Wildman–Crippen MR) is 45.7 cm³/mol. The molecule has 1 unspecified atom stereocenters. The van der Waals surface area contributed by atoms with E-state index in [1.165, 1.54) is 0 Å². The van der Waals surface area contributed by atoms with Crippen LogP contribution in [0.3, 0.4) is 0 Å². The van der Waals surface area contributed by atoms with Gasteiger partial charge in [0.25, 0.3) is 0 Å². The van der Waals surface area contributed by atoms with Crippen molar-refractivity contribution in [3.63, 3.8) is 0 Å². The van der Waals surface area contributed by atoms with E-state index in [1.54, 1.807) is 0 Å². The van der Waals surface area contributed by atoms with Crippen LogP contribution in [0.1, 0.15) is 32.6 Å². The third-order valence-corrected chi connectivity index (χ3v) is 2.86. The second-order valence-electron chi connectivity index (χ2n) is 3.97. The summed E-state index contributed by atoms with van der Waals surface area (Å²) in [6, 6.07) is 0. The maximum Gasteiger partial charge on any atom is 0.0927 e. The summed E-state index contributed by atoms with van der Waals surface area (Å²) in [5.41, 5.74) is -1.03. The van der Waals surface area contributed by atoms with Crippen molar-refractivity contribution in [3.8, 4) is 0 Å². The predicted octanol–water partition coefficient (Wildman–Crippen LogP) is 0.281. The minimum absolute atomic E-state index is 0.0536. The Morgan fingerprint density at radius 2 is 2.17 bits per heavy atom. The van der Waals surface area contributed by atoms with E-state index in [9.17, 15) is 10.2 Å². The number of aliphatic hydroxyl groups is 3. The molecular weight excluding hydrogens is 156 g/mol. The van der Waals surface area contributed by atoms with Gasteiger partial charge in [-0.2, -0.15) is 0 Å². The average Bonchev–Trinajstić information content (AvgIpc) is 1.99. The van der Waals surface area contributed by atoms with Crippen LogP contribution in [0.5, 0.6) is 0 Å². The largest absolute Gasteiger partial charge is 0.396 e. The summed E-state index contributed by atoms with van der Waals surface area (Å²) >= 11 is 0. The number of hydrogen-bond donors (Lipinski definition) is 3. The highest BCUT2D eigenvalue weighted by Gasteiger charge is 2.39. The molecule has 0 bridgehead atoms. The van der Waals surface area contributed by atoms with E-state index in [4.69, 9.17) is 5.11 Å². The van der Waals surface area contributed by atoms with E-state index >= 15 is 0 Å².